The summed E-state index contributed by atoms with van der Waals surface area (Å²) in [6, 6.07) is 9.95. The molecule has 2 aromatic rings. The Balaban J connectivity index is 2.46. The van der Waals surface area contributed by atoms with Crippen LogP contribution in [0.2, 0.25) is 5.02 Å². The van der Waals surface area contributed by atoms with Gasteiger partial charge in [-0.25, -0.2) is 0 Å². The van der Waals surface area contributed by atoms with Crippen molar-refractivity contribution in [3.63, 3.8) is 0 Å². The molecule has 0 unspecified atom stereocenters. The van der Waals surface area contributed by atoms with Gasteiger partial charge in [-0.1, -0.05) is 48.9 Å². The van der Waals surface area contributed by atoms with Crippen molar-refractivity contribution in [1.82, 2.24) is 0 Å². The first-order valence-corrected chi connectivity index (χ1v) is 7.10. The Morgan fingerprint density at radius 3 is 2.44 bits per heavy atom. The second kappa shape index (κ2) is 6.31. The lowest BCUT2D eigenvalue weighted by Gasteiger charge is -1.98. The zero-order chi connectivity index (χ0) is 13.0. The molecule has 18 heavy (non-hydrogen) atoms. The lowest BCUT2D eigenvalue weighted by atomic mass is 10.1. The molecule has 0 radical (unpaired) electrons. The molecule has 0 bridgehead atoms. The average molecular weight is 283 g/mol. The molecule has 0 aliphatic rings. The van der Waals surface area contributed by atoms with Gasteiger partial charge in [0, 0.05) is 23.4 Å². The van der Waals surface area contributed by atoms with Gasteiger partial charge in [0.15, 0.2) is 5.76 Å². The number of halogens is 2. The van der Waals surface area contributed by atoms with Gasteiger partial charge in [-0.3, -0.25) is 0 Å². The van der Waals surface area contributed by atoms with Gasteiger partial charge in [-0.05, 0) is 12.8 Å². The van der Waals surface area contributed by atoms with Gasteiger partial charge >= 0.3 is 0 Å². The molecule has 0 saturated carbocycles. The summed E-state index contributed by atoms with van der Waals surface area (Å²) in [5.41, 5.74) is 2.08. The lowest BCUT2D eigenvalue weighted by molar-refractivity contribution is 0.514. The summed E-state index contributed by atoms with van der Waals surface area (Å²) in [6.07, 6.45) is 2.69. The maximum Gasteiger partial charge on any atom is 0.153 e. The second-order valence-corrected chi connectivity index (χ2v) is 4.96. The molecule has 0 spiro atoms. The van der Waals surface area contributed by atoms with Crippen molar-refractivity contribution >= 4 is 23.2 Å². The molecule has 0 N–H and O–H groups in total. The number of benzene rings is 1. The first-order chi connectivity index (χ1) is 8.77. The fraction of sp³-hybridized carbons (Fsp3) is 0.333. The van der Waals surface area contributed by atoms with Crippen LogP contribution in [0.4, 0.5) is 0 Å². The van der Waals surface area contributed by atoms with Crippen molar-refractivity contribution in [2.45, 2.75) is 26.2 Å². The Kier molecular flexibility index (Phi) is 4.73. The zero-order valence-electron chi connectivity index (χ0n) is 10.4. The molecule has 1 aromatic heterocycles. The van der Waals surface area contributed by atoms with Crippen LogP contribution < -0.4 is 0 Å². The maximum atomic E-state index is 6.43. The molecule has 1 heterocycles. The van der Waals surface area contributed by atoms with E-state index in [0.29, 0.717) is 10.9 Å². The van der Waals surface area contributed by atoms with E-state index in [0.717, 1.165) is 41.9 Å². The summed E-state index contributed by atoms with van der Waals surface area (Å²) in [6.45, 7) is 2.13. The zero-order valence-corrected chi connectivity index (χ0v) is 11.9. The minimum atomic E-state index is 0.560. The minimum absolute atomic E-state index is 0.560. The van der Waals surface area contributed by atoms with E-state index in [4.69, 9.17) is 27.6 Å². The summed E-state index contributed by atoms with van der Waals surface area (Å²) in [7, 11) is 0. The van der Waals surface area contributed by atoms with Crippen LogP contribution in [-0.4, -0.2) is 5.88 Å². The first-order valence-electron chi connectivity index (χ1n) is 6.19. The van der Waals surface area contributed by atoms with Crippen LogP contribution in [0.25, 0.3) is 11.3 Å². The highest BCUT2D eigenvalue weighted by Gasteiger charge is 2.18. The smallest absolute Gasteiger partial charge is 0.153 e. The molecule has 0 saturated heterocycles. The van der Waals surface area contributed by atoms with Crippen LogP contribution in [0.15, 0.2) is 34.7 Å². The van der Waals surface area contributed by atoms with Crippen LogP contribution in [-0.2, 0) is 12.8 Å². The van der Waals surface area contributed by atoms with Crippen molar-refractivity contribution in [3.8, 4) is 11.3 Å². The number of hydrogen-bond donors (Lipinski definition) is 0. The number of hydrogen-bond acceptors (Lipinski definition) is 1. The molecule has 0 fully saturated rings. The van der Waals surface area contributed by atoms with E-state index < -0.39 is 0 Å². The predicted molar refractivity (Wildman–Crippen MR) is 77.6 cm³/mol. The molecule has 3 heteroatoms. The normalized spacial score (nSPS) is 10.8. The fourth-order valence-electron chi connectivity index (χ4n) is 2.04. The Hall–Kier alpha value is -0.920. The highest BCUT2D eigenvalue weighted by molar-refractivity contribution is 6.34. The molecule has 0 aliphatic carbocycles. The Morgan fingerprint density at radius 2 is 1.83 bits per heavy atom. The van der Waals surface area contributed by atoms with E-state index in [1.807, 2.05) is 30.3 Å². The summed E-state index contributed by atoms with van der Waals surface area (Å²) < 4.78 is 5.93. The molecule has 0 aliphatic heterocycles. The van der Waals surface area contributed by atoms with Crippen molar-refractivity contribution in [2.24, 2.45) is 0 Å². The van der Waals surface area contributed by atoms with Gasteiger partial charge in [0.05, 0.1) is 5.02 Å². The number of alkyl halides is 1. The van der Waals surface area contributed by atoms with Gasteiger partial charge < -0.3 is 4.42 Å². The predicted octanol–water partition coefficient (Wildman–Crippen LogP) is 5.33. The molecule has 1 nitrogen and oxygen atoms in total. The van der Waals surface area contributed by atoms with Crippen LogP contribution in [0.5, 0.6) is 0 Å². The monoisotopic (exact) mass is 282 g/mol. The quantitative estimate of drug-likeness (QED) is 0.675. The first kappa shape index (κ1) is 13.5. The fourth-order valence-corrected chi connectivity index (χ4v) is 2.57. The molecule has 0 amide bonds. The maximum absolute atomic E-state index is 6.43. The third-order valence-electron chi connectivity index (χ3n) is 2.88. The summed E-state index contributed by atoms with van der Waals surface area (Å²) in [5, 5.41) is 0.713. The third kappa shape index (κ3) is 2.73. The summed E-state index contributed by atoms with van der Waals surface area (Å²) in [5.74, 6) is 2.30. The third-order valence-corrected chi connectivity index (χ3v) is 3.47. The van der Waals surface area contributed by atoms with Gasteiger partial charge in [0.2, 0.25) is 0 Å². The number of aryl methyl sites for hydroxylation is 1. The van der Waals surface area contributed by atoms with Crippen LogP contribution in [0, 0.1) is 0 Å². The van der Waals surface area contributed by atoms with Gasteiger partial charge in [-0.15, -0.1) is 11.6 Å². The largest absolute Gasteiger partial charge is 0.459 e. The lowest BCUT2D eigenvalue weighted by Crippen LogP contribution is -1.91. The highest BCUT2D eigenvalue weighted by Crippen LogP contribution is 2.36. The second-order valence-electron chi connectivity index (χ2n) is 4.20. The highest BCUT2D eigenvalue weighted by atomic mass is 35.5. The molecule has 2 rings (SSSR count). The molecular formula is C15H16Cl2O. The number of rotatable bonds is 5. The molecule has 0 atom stereocenters. The van der Waals surface area contributed by atoms with Crippen molar-refractivity contribution in [3.05, 3.63) is 46.7 Å². The SMILES string of the molecule is CCCc1oc(-c2ccccc2)c(Cl)c1CCCl. The van der Waals surface area contributed by atoms with Crippen LogP contribution in [0.3, 0.4) is 0 Å². The Bertz CT molecular complexity index is 503. The van der Waals surface area contributed by atoms with Crippen molar-refractivity contribution in [1.29, 1.82) is 0 Å². The van der Waals surface area contributed by atoms with E-state index in [9.17, 15) is 0 Å². The molecule has 1 aromatic carbocycles. The molecular weight excluding hydrogens is 267 g/mol. The van der Waals surface area contributed by atoms with Crippen LogP contribution in [0.1, 0.15) is 24.7 Å². The van der Waals surface area contributed by atoms with E-state index in [1.165, 1.54) is 0 Å². The van der Waals surface area contributed by atoms with Gasteiger partial charge in [0.1, 0.15) is 5.76 Å². The van der Waals surface area contributed by atoms with Crippen molar-refractivity contribution in [2.75, 3.05) is 5.88 Å². The average Bonchev–Trinajstić information content (AvgIpc) is 2.70. The Labute approximate surface area is 118 Å². The topological polar surface area (TPSA) is 13.1 Å². The minimum Gasteiger partial charge on any atom is -0.459 e. The van der Waals surface area contributed by atoms with E-state index in [1.54, 1.807) is 0 Å². The van der Waals surface area contributed by atoms with Gasteiger partial charge in [0.25, 0.3) is 0 Å². The summed E-state index contributed by atoms with van der Waals surface area (Å²) in [4.78, 5) is 0. The van der Waals surface area contributed by atoms with E-state index in [-0.39, 0.29) is 0 Å². The Morgan fingerprint density at radius 1 is 1.11 bits per heavy atom. The number of furan rings is 1. The standard InChI is InChI=1S/C15H16Cl2O/c1-2-6-13-12(9-10-16)14(17)15(18-13)11-7-4-3-5-8-11/h3-5,7-8H,2,6,9-10H2,1H3. The van der Waals surface area contributed by atoms with Crippen molar-refractivity contribution < 1.29 is 4.42 Å². The summed E-state index contributed by atoms with van der Waals surface area (Å²) >= 11 is 12.3. The van der Waals surface area contributed by atoms with E-state index in [2.05, 4.69) is 6.92 Å². The van der Waals surface area contributed by atoms with Crippen LogP contribution >= 0.6 is 23.2 Å². The van der Waals surface area contributed by atoms with E-state index >= 15 is 0 Å². The molecule has 96 valence electrons. The van der Waals surface area contributed by atoms with Gasteiger partial charge in [-0.2, -0.15) is 0 Å².